The Morgan fingerprint density at radius 3 is 1.30 bits per heavy atom. The van der Waals surface area contributed by atoms with Crippen LogP contribution >= 0.6 is 0 Å². The molecule has 5 nitrogen and oxygen atoms in total. The average molecular weight is 771 g/mol. The first-order chi connectivity index (χ1) is 29.0. The second-order valence-corrected chi connectivity index (χ2v) is 17.7. The van der Waals surface area contributed by atoms with Crippen LogP contribution in [0.4, 0.5) is 5.69 Å². The minimum atomic E-state index is -0.214. The Morgan fingerprint density at radius 1 is 0.410 bits per heavy atom. The highest BCUT2D eigenvalue weighted by molar-refractivity contribution is 6.71. The first kappa shape index (κ1) is 40.8. The summed E-state index contributed by atoms with van der Waals surface area (Å²) in [5.74, 6) is 0. The number of hydrogen-bond acceptors (Lipinski definition) is 2. The topological polar surface area (TPSA) is 53.0 Å². The predicted molar refractivity (Wildman–Crippen MR) is 307 cm³/mol. The van der Waals surface area contributed by atoms with Gasteiger partial charge in [-0.2, -0.15) is 0 Å². The van der Waals surface area contributed by atoms with E-state index in [0.29, 0.717) is 0 Å². The van der Waals surface area contributed by atoms with E-state index in [-0.39, 0.29) is 10.6 Å². The summed E-state index contributed by atoms with van der Waals surface area (Å²) < 4.78 is 4.93. The van der Waals surface area contributed by atoms with Crippen molar-refractivity contribution in [1.29, 1.82) is 0 Å². The fourth-order valence-electron chi connectivity index (χ4n) is 10.7. The Hall–Kier alpha value is -5.55. The number of nitrogens with zero attached hydrogens (tertiary/aromatic N) is 3. The van der Waals surface area contributed by atoms with Crippen LogP contribution in [0.15, 0.2) is 78.9 Å². The zero-order chi connectivity index (χ0) is 43.7. The number of rotatable bonds is 5. The molecule has 0 spiro atoms. The van der Waals surface area contributed by atoms with Crippen molar-refractivity contribution in [1.82, 2.24) is 9.13 Å². The Morgan fingerprint density at radius 2 is 0.803 bits per heavy atom. The van der Waals surface area contributed by atoms with Crippen LogP contribution in [-0.2, 0) is 0 Å². The van der Waals surface area contributed by atoms with E-state index in [1.807, 2.05) is 12.1 Å². The summed E-state index contributed by atoms with van der Waals surface area (Å²) in [7, 11) is 30.9. The van der Waals surface area contributed by atoms with E-state index < -0.39 is 0 Å². The first-order valence-electron chi connectivity index (χ1n) is 21.5. The third-order valence-corrected chi connectivity index (χ3v) is 15.3. The molecule has 278 valence electrons. The number of hydrogen-bond donors (Lipinski definition) is 0. The third-order valence-electron chi connectivity index (χ3n) is 15.3. The number of para-hydroxylation sites is 2. The van der Waals surface area contributed by atoms with Crippen LogP contribution in [0.2, 0.25) is 0 Å². The number of nitro benzene ring substituents is 1. The quantitative estimate of drug-likeness (QED) is 0.0994. The van der Waals surface area contributed by atoms with Crippen LogP contribution in [0.1, 0.15) is 0 Å². The zero-order valence-electron chi connectivity index (χ0n) is 38.2. The molecule has 7 aromatic carbocycles. The Bertz CT molecular complexity index is 3320. The summed E-state index contributed by atoms with van der Waals surface area (Å²) >= 11 is 0. The molecule has 0 amide bonds. The van der Waals surface area contributed by atoms with E-state index in [4.69, 9.17) is 0 Å². The van der Waals surface area contributed by atoms with Gasteiger partial charge in [0, 0.05) is 50.3 Å². The molecule has 0 aliphatic heterocycles. The maximum atomic E-state index is 13.2. The van der Waals surface area contributed by atoms with Gasteiger partial charge in [0.15, 0.2) is 0 Å². The fraction of sp³-hybridized carbons (Fsp3) is 0. The highest BCUT2D eigenvalue weighted by Crippen LogP contribution is 2.44. The molecule has 0 saturated carbocycles. The summed E-state index contributed by atoms with van der Waals surface area (Å²) in [6, 6.07) is 27.9. The lowest BCUT2D eigenvalue weighted by molar-refractivity contribution is -0.384. The van der Waals surface area contributed by atoms with Crippen LogP contribution in [0, 0.1) is 10.1 Å². The van der Waals surface area contributed by atoms with E-state index in [2.05, 4.69) is 186 Å². The SMILES string of the molecule is Bc1c(B)c(B)c(-c2cc([N+](=O)[O-])cc(-c3c(B)c(B)c(B)c(B)c3B)c2-n2c3ccccc3c3c(-n4c5ccccc5c5c(B)c(B)c(B)c(B)c54)cccc32)c(B)c1B. The smallest absolute Gasteiger partial charge is 0.270 e. The summed E-state index contributed by atoms with van der Waals surface area (Å²) in [6.45, 7) is 0. The number of nitro groups is 1. The highest BCUT2D eigenvalue weighted by Gasteiger charge is 2.29. The highest BCUT2D eigenvalue weighted by atomic mass is 16.6. The van der Waals surface area contributed by atoms with E-state index in [9.17, 15) is 10.1 Å². The van der Waals surface area contributed by atoms with Crippen molar-refractivity contribution in [3.63, 3.8) is 0 Å². The second-order valence-electron chi connectivity index (χ2n) is 17.7. The van der Waals surface area contributed by atoms with Gasteiger partial charge in [-0.25, -0.2) is 0 Å². The van der Waals surface area contributed by atoms with Crippen molar-refractivity contribution in [3.05, 3.63) is 89.0 Å². The lowest BCUT2D eigenvalue weighted by atomic mass is 9.58. The molecule has 0 atom stereocenters. The van der Waals surface area contributed by atoms with Gasteiger partial charge in [-0.1, -0.05) is 80.7 Å². The van der Waals surface area contributed by atoms with Crippen molar-refractivity contribution in [2.24, 2.45) is 0 Å². The van der Waals surface area contributed by atoms with Gasteiger partial charge in [0.05, 0.1) is 32.8 Å². The molecule has 0 aliphatic carbocycles. The number of non-ortho nitro benzene ring substituents is 1. The van der Waals surface area contributed by atoms with Gasteiger partial charge in [0.25, 0.3) is 5.69 Å². The maximum Gasteiger partial charge on any atom is 0.270 e. The molecule has 9 aromatic rings. The summed E-state index contributed by atoms with van der Waals surface area (Å²) in [5.41, 5.74) is 27.6. The van der Waals surface area contributed by atoms with Crippen molar-refractivity contribution >= 4 is 236 Å². The monoisotopic (exact) mass is 773 g/mol. The Kier molecular flexibility index (Phi) is 9.73. The normalized spacial score (nSPS) is 11.7. The molecule has 0 fully saturated rings. The Labute approximate surface area is 370 Å². The molecule has 0 aliphatic rings. The van der Waals surface area contributed by atoms with E-state index in [0.717, 1.165) is 77.3 Å². The van der Waals surface area contributed by atoms with Crippen LogP contribution < -0.4 is 76.5 Å². The van der Waals surface area contributed by atoms with Gasteiger partial charge in [-0.15, -0.1) is 38.2 Å². The lowest BCUT2D eigenvalue weighted by Crippen LogP contribution is -2.55. The van der Waals surface area contributed by atoms with Gasteiger partial charge in [0.1, 0.15) is 110 Å². The second kappa shape index (κ2) is 14.5. The molecule has 0 radical (unpaired) electrons. The molecule has 0 saturated heterocycles. The summed E-state index contributed by atoms with van der Waals surface area (Å²) in [4.78, 5) is 13.0. The van der Waals surface area contributed by atoms with Crippen LogP contribution in [0.25, 0.3) is 77.2 Å². The average Bonchev–Trinajstić information content (AvgIpc) is 3.78. The van der Waals surface area contributed by atoms with Crippen LogP contribution in [0.3, 0.4) is 0 Å². The van der Waals surface area contributed by atoms with E-state index >= 15 is 0 Å². The summed E-state index contributed by atoms with van der Waals surface area (Å²) in [5, 5.41) is 18.0. The molecule has 0 unspecified atom stereocenters. The van der Waals surface area contributed by atoms with Gasteiger partial charge < -0.3 is 9.13 Å². The molecular formula is C42H41B14N3O2. The molecule has 2 aromatic heterocycles. The van der Waals surface area contributed by atoms with Gasteiger partial charge in [-0.3, -0.25) is 10.1 Å². The number of benzene rings is 7. The number of aromatic nitrogens is 2. The number of fused-ring (bicyclic) bond motifs is 6. The molecular weight excluding hydrogens is 730 g/mol. The minimum Gasteiger partial charge on any atom is -0.309 e. The largest absolute Gasteiger partial charge is 0.309 e. The third kappa shape index (κ3) is 5.68. The van der Waals surface area contributed by atoms with Gasteiger partial charge in [0.2, 0.25) is 0 Å². The summed E-state index contributed by atoms with van der Waals surface area (Å²) in [6.07, 6.45) is 0. The molecule has 2 heterocycles. The zero-order valence-corrected chi connectivity index (χ0v) is 38.2. The first-order valence-corrected chi connectivity index (χ1v) is 21.5. The van der Waals surface area contributed by atoms with Gasteiger partial charge >= 0.3 is 0 Å². The molecule has 0 N–H and O–H groups in total. The lowest BCUT2D eigenvalue weighted by Gasteiger charge is -2.27. The van der Waals surface area contributed by atoms with Crippen molar-refractivity contribution < 1.29 is 4.92 Å². The Balaban J connectivity index is 1.55. The predicted octanol–water partition coefficient (Wildman–Crippen LogP) is -13.3. The van der Waals surface area contributed by atoms with Crippen LogP contribution in [0.5, 0.6) is 0 Å². The van der Waals surface area contributed by atoms with E-state index in [1.165, 1.54) is 76.4 Å². The van der Waals surface area contributed by atoms with Gasteiger partial charge in [-0.05, 0) is 35.4 Å². The molecule has 9 rings (SSSR count). The standard InChI is InChI=1S/C42H41B14N3O2/c43-27-24(28(44)33(49)37(53)32(27)48)17-12-14(59(60)61)13-18(25-29(45)34(50)38(54)35(51)30(25)46)41(17)57-19-8-3-1-6-15(19)23-21(57)10-5-11-22(23)58-20-9-4-2-7-16(20)26-31(47)36(52)39(55)40(56)42(26)58/h1-13H,43-56H2. The molecule has 19 heteroatoms. The maximum absolute atomic E-state index is 13.2. The molecule has 61 heavy (non-hydrogen) atoms. The minimum absolute atomic E-state index is 0.0846. The van der Waals surface area contributed by atoms with Crippen LogP contribution in [-0.4, -0.2) is 124 Å². The van der Waals surface area contributed by atoms with Crippen molar-refractivity contribution in [2.75, 3.05) is 0 Å². The molecule has 0 bridgehead atoms. The van der Waals surface area contributed by atoms with Crippen molar-refractivity contribution in [3.8, 4) is 33.6 Å². The van der Waals surface area contributed by atoms with Crippen molar-refractivity contribution in [2.45, 2.75) is 0 Å². The fourth-order valence-corrected chi connectivity index (χ4v) is 10.7. The van der Waals surface area contributed by atoms with E-state index in [1.54, 1.807) is 0 Å².